The molecule has 0 spiro atoms. The minimum Gasteiger partial charge on any atom is -0.422 e. The van der Waals surface area contributed by atoms with Gasteiger partial charge in [-0.25, -0.2) is 4.79 Å². The topological polar surface area (TPSA) is 43.4 Å². The molecule has 0 radical (unpaired) electrons. The lowest BCUT2D eigenvalue weighted by Crippen LogP contribution is -2.06. The highest BCUT2D eigenvalue weighted by molar-refractivity contribution is 5.99. The Hall–Kier alpha value is -3.20. The van der Waals surface area contributed by atoms with Crippen LogP contribution in [-0.2, 0) is 4.79 Å². The normalized spacial score (nSPS) is 10.8. The van der Waals surface area contributed by atoms with Crippen LogP contribution in [-0.4, -0.2) is 12.3 Å². The molecular formula is C20H14O3. The van der Waals surface area contributed by atoms with Crippen LogP contribution < -0.4 is 4.74 Å². The monoisotopic (exact) mass is 302 g/mol. The molecule has 112 valence electrons. The van der Waals surface area contributed by atoms with Crippen LogP contribution in [0.5, 0.6) is 5.75 Å². The van der Waals surface area contributed by atoms with Crippen molar-refractivity contribution in [3.8, 4) is 5.75 Å². The van der Waals surface area contributed by atoms with Gasteiger partial charge in [0.25, 0.3) is 0 Å². The van der Waals surface area contributed by atoms with Crippen LogP contribution in [0.2, 0.25) is 0 Å². The highest BCUT2D eigenvalue weighted by Gasteiger charge is 2.11. The first-order valence-corrected chi connectivity index (χ1v) is 7.20. The van der Waals surface area contributed by atoms with Gasteiger partial charge in [-0.2, -0.15) is 0 Å². The predicted octanol–water partition coefficient (Wildman–Crippen LogP) is 4.27. The maximum absolute atomic E-state index is 12.1. The number of fused-ring (bicyclic) bond motifs is 1. The second-order valence-corrected chi connectivity index (χ2v) is 4.99. The van der Waals surface area contributed by atoms with E-state index in [0.29, 0.717) is 17.6 Å². The van der Waals surface area contributed by atoms with Gasteiger partial charge in [0, 0.05) is 11.5 Å². The van der Waals surface area contributed by atoms with E-state index in [0.717, 1.165) is 16.3 Å². The summed E-state index contributed by atoms with van der Waals surface area (Å²) >= 11 is 0. The van der Waals surface area contributed by atoms with Gasteiger partial charge in [-0.1, -0.05) is 60.7 Å². The fraction of sp³-hybridized carbons (Fsp3) is 0. The summed E-state index contributed by atoms with van der Waals surface area (Å²) in [5.74, 6) is -0.228. The molecule has 0 N–H and O–H groups in total. The lowest BCUT2D eigenvalue weighted by Gasteiger charge is -2.08. The number of ether oxygens (including phenoxy) is 1. The maximum atomic E-state index is 12.1. The molecule has 3 rings (SSSR count). The van der Waals surface area contributed by atoms with E-state index in [1.54, 1.807) is 12.1 Å². The molecular weight excluding hydrogens is 288 g/mol. The van der Waals surface area contributed by atoms with Crippen LogP contribution in [0.3, 0.4) is 0 Å². The van der Waals surface area contributed by atoms with Crippen LogP contribution >= 0.6 is 0 Å². The van der Waals surface area contributed by atoms with E-state index in [1.165, 1.54) is 6.08 Å². The standard InChI is InChI=1S/C20H14O3/c21-14-17-12-11-16-8-4-5-9-18(16)20(17)23-19(22)13-10-15-6-2-1-3-7-15/h1-14H/b13-10+. The fourth-order valence-corrected chi connectivity index (χ4v) is 2.33. The molecule has 0 aromatic heterocycles. The zero-order chi connectivity index (χ0) is 16.1. The molecule has 3 aromatic carbocycles. The third kappa shape index (κ3) is 3.35. The zero-order valence-corrected chi connectivity index (χ0v) is 12.3. The molecule has 3 nitrogen and oxygen atoms in total. The average Bonchev–Trinajstić information content (AvgIpc) is 2.61. The number of rotatable bonds is 4. The first-order chi connectivity index (χ1) is 11.3. The molecule has 23 heavy (non-hydrogen) atoms. The molecule has 0 fully saturated rings. The van der Waals surface area contributed by atoms with Gasteiger partial charge in [-0.15, -0.1) is 0 Å². The van der Waals surface area contributed by atoms with Crippen LogP contribution in [0, 0.1) is 0 Å². The maximum Gasteiger partial charge on any atom is 0.336 e. The molecule has 0 aliphatic heterocycles. The van der Waals surface area contributed by atoms with E-state index in [1.807, 2.05) is 60.7 Å². The fourth-order valence-electron chi connectivity index (χ4n) is 2.33. The minimum absolute atomic E-state index is 0.292. The number of aldehydes is 1. The molecule has 0 aliphatic carbocycles. The van der Waals surface area contributed by atoms with Crippen molar-refractivity contribution in [3.05, 3.63) is 83.9 Å². The third-order valence-electron chi connectivity index (χ3n) is 3.45. The van der Waals surface area contributed by atoms with Crippen molar-refractivity contribution in [2.75, 3.05) is 0 Å². The first kappa shape index (κ1) is 14.7. The summed E-state index contributed by atoms with van der Waals surface area (Å²) < 4.78 is 5.41. The molecule has 0 heterocycles. The number of hydrogen-bond acceptors (Lipinski definition) is 3. The predicted molar refractivity (Wildman–Crippen MR) is 90.4 cm³/mol. The van der Waals surface area contributed by atoms with Crippen LogP contribution in [0.1, 0.15) is 15.9 Å². The largest absolute Gasteiger partial charge is 0.422 e. The van der Waals surface area contributed by atoms with Gasteiger partial charge >= 0.3 is 5.97 Å². The smallest absolute Gasteiger partial charge is 0.336 e. The summed E-state index contributed by atoms with van der Waals surface area (Å²) in [6.07, 6.45) is 3.72. The van der Waals surface area contributed by atoms with E-state index in [2.05, 4.69) is 0 Å². The van der Waals surface area contributed by atoms with Gasteiger partial charge < -0.3 is 4.74 Å². The van der Waals surface area contributed by atoms with Crippen LogP contribution in [0.25, 0.3) is 16.8 Å². The van der Waals surface area contributed by atoms with Gasteiger partial charge in [0.1, 0.15) is 5.75 Å². The Kier molecular flexibility index (Phi) is 4.29. The van der Waals surface area contributed by atoms with Crippen molar-refractivity contribution >= 4 is 29.1 Å². The van der Waals surface area contributed by atoms with Gasteiger partial charge in [-0.3, -0.25) is 4.79 Å². The number of hydrogen-bond donors (Lipinski definition) is 0. The Morgan fingerprint density at radius 2 is 1.61 bits per heavy atom. The summed E-state index contributed by atoms with van der Waals surface area (Å²) in [4.78, 5) is 23.3. The van der Waals surface area contributed by atoms with Crippen molar-refractivity contribution in [1.29, 1.82) is 0 Å². The summed E-state index contributed by atoms with van der Waals surface area (Å²) in [5.41, 5.74) is 1.25. The van der Waals surface area contributed by atoms with E-state index < -0.39 is 5.97 Å². The SMILES string of the molecule is O=Cc1ccc2ccccc2c1OC(=O)/C=C/c1ccccc1. The molecule has 0 saturated carbocycles. The molecule has 0 amide bonds. The number of esters is 1. The van der Waals surface area contributed by atoms with E-state index >= 15 is 0 Å². The quantitative estimate of drug-likeness (QED) is 0.313. The Morgan fingerprint density at radius 3 is 2.39 bits per heavy atom. The lowest BCUT2D eigenvalue weighted by atomic mass is 10.1. The molecule has 0 saturated heterocycles. The van der Waals surface area contributed by atoms with Crippen LogP contribution in [0.15, 0.2) is 72.8 Å². The van der Waals surface area contributed by atoms with Crippen molar-refractivity contribution in [1.82, 2.24) is 0 Å². The Morgan fingerprint density at radius 1 is 0.870 bits per heavy atom. The van der Waals surface area contributed by atoms with Crippen LogP contribution in [0.4, 0.5) is 0 Å². The second-order valence-electron chi connectivity index (χ2n) is 4.99. The molecule has 0 bridgehead atoms. The Labute approximate surface area is 133 Å². The summed E-state index contributed by atoms with van der Waals surface area (Å²) in [6.45, 7) is 0. The highest BCUT2D eigenvalue weighted by atomic mass is 16.5. The highest BCUT2D eigenvalue weighted by Crippen LogP contribution is 2.29. The van der Waals surface area contributed by atoms with E-state index in [4.69, 9.17) is 4.74 Å². The summed E-state index contributed by atoms with van der Waals surface area (Å²) in [6, 6.07) is 20.4. The van der Waals surface area contributed by atoms with Gasteiger partial charge in [0.2, 0.25) is 0 Å². The van der Waals surface area contributed by atoms with Crippen molar-refractivity contribution in [2.45, 2.75) is 0 Å². The lowest BCUT2D eigenvalue weighted by molar-refractivity contribution is -0.128. The first-order valence-electron chi connectivity index (χ1n) is 7.20. The Bertz CT molecular complexity index is 880. The van der Waals surface area contributed by atoms with Crippen molar-refractivity contribution in [3.63, 3.8) is 0 Å². The molecule has 0 atom stereocenters. The molecule has 3 aromatic rings. The van der Waals surface area contributed by atoms with E-state index in [-0.39, 0.29) is 0 Å². The van der Waals surface area contributed by atoms with Gasteiger partial charge in [0.15, 0.2) is 6.29 Å². The second kappa shape index (κ2) is 6.71. The van der Waals surface area contributed by atoms with Crippen molar-refractivity contribution in [2.24, 2.45) is 0 Å². The third-order valence-corrected chi connectivity index (χ3v) is 3.45. The van der Waals surface area contributed by atoms with Gasteiger partial charge in [-0.05, 0) is 23.1 Å². The average molecular weight is 302 g/mol. The minimum atomic E-state index is -0.520. The zero-order valence-electron chi connectivity index (χ0n) is 12.3. The molecule has 0 unspecified atom stereocenters. The molecule has 3 heteroatoms. The summed E-state index contributed by atoms with van der Waals surface area (Å²) in [5, 5.41) is 1.64. The molecule has 0 aliphatic rings. The van der Waals surface area contributed by atoms with Gasteiger partial charge in [0.05, 0.1) is 5.56 Å². The Balaban J connectivity index is 1.90. The van der Waals surface area contributed by atoms with E-state index in [9.17, 15) is 9.59 Å². The number of carbonyl (C=O) groups excluding carboxylic acids is 2. The summed E-state index contributed by atoms with van der Waals surface area (Å²) in [7, 11) is 0. The number of benzene rings is 3. The van der Waals surface area contributed by atoms with Crippen molar-refractivity contribution < 1.29 is 14.3 Å². The number of carbonyl (C=O) groups is 2.